The Bertz CT molecular complexity index is 349. The fourth-order valence-electron chi connectivity index (χ4n) is 1.48. The van der Waals surface area contributed by atoms with Crippen LogP contribution in [0.4, 0.5) is 0 Å². The Hall–Kier alpha value is -0.280. The van der Waals surface area contributed by atoms with Crippen LogP contribution in [-0.4, -0.2) is 17.4 Å². The van der Waals surface area contributed by atoms with Crippen LogP contribution in [0.5, 0.6) is 0 Å². The number of alkyl halides is 1. The summed E-state index contributed by atoms with van der Waals surface area (Å²) in [5.74, 6) is 0.233. The molecule has 0 amide bonds. The molecule has 0 aliphatic rings. The zero-order valence-corrected chi connectivity index (χ0v) is 11.5. The number of ketones is 1. The van der Waals surface area contributed by atoms with Gasteiger partial charge in [-0.25, -0.2) is 0 Å². The quantitative estimate of drug-likeness (QED) is 0.463. The van der Waals surface area contributed by atoms with Crippen LogP contribution < -0.4 is 0 Å². The van der Waals surface area contributed by atoms with Crippen molar-refractivity contribution in [2.24, 2.45) is 0 Å². The molecule has 82 valence electrons. The molecule has 0 spiro atoms. The van der Waals surface area contributed by atoms with Gasteiger partial charge in [-0.05, 0) is 30.4 Å². The molecule has 0 saturated heterocycles. The minimum atomic E-state index is 0.233. The predicted molar refractivity (Wildman–Crippen MR) is 70.3 cm³/mol. The number of hydrogen-bond acceptors (Lipinski definition) is 2. The molecule has 0 aliphatic carbocycles. The maximum absolute atomic E-state index is 11.8. The first-order chi connectivity index (χ1) is 7.22. The molecular weight excluding hydrogens is 272 g/mol. The molecule has 1 nitrogen and oxygen atoms in total. The van der Waals surface area contributed by atoms with Crippen LogP contribution in [0.15, 0.2) is 23.1 Å². The normalized spacial score (nSPS) is 10.3. The number of carbonyl (C=O) groups is 1. The third kappa shape index (κ3) is 3.35. The molecule has 0 radical (unpaired) electrons. The highest BCUT2D eigenvalue weighted by atomic mass is 79.9. The van der Waals surface area contributed by atoms with E-state index < -0.39 is 0 Å². The molecule has 1 aromatic carbocycles. The molecule has 0 atom stereocenters. The third-order valence-electron chi connectivity index (χ3n) is 2.32. The average Bonchev–Trinajstić information content (AvgIpc) is 2.28. The van der Waals surface area contributed by atoms with E-state index in [1.165, 1.54) is 4.90 Å². The summed E-state index contributed by atoms with van der Waals surface area (Å²) in [5, 5.41) is 0.735. The number of Topliss-reactive ketones (excluding diaryl/α,β-unsaturated/α-hetero) is 1. The van der Waals surface area contributed by atoms with E-state index in [9.17, 15) is 4.79 Å². The number of rotatable bonds is 5. The summed E-state index contributed by atoms with van der Waals surface area (Å²) in [6.45, 7) is 2.09. The topological polar surface area (TPSA) is 17.1 Å². The largest absolute Gasteiger partial charge is 0.294 e. The fourth-order valence-corrected chi connectivity index (χ4v) is 2.31. The zero-order valence-electron chi connectivity index (χ0n) is 9.05. The van der Waals surface area contributed by atoms with Gasteiger partial charge in [0.15, 0.2) is 5.78 Å². The number of thioether (sulfide) groups is 1. The first-order valence-corrected chi connectivity index (χ1v) is 7.33. The molecule has 1 aromatic rings. The highest BCUT2D eigenvalue weighted by Gasteiger charge is 2.09. The van der Waals surface area contributed by atoms with Crippen molar-refractivity contribution in [3.05, 3.63) is 29.3 Å². The maximum Gasteiger partial charge on any atom is 0.163 e. The number of carbonyl (C=O) groups excluding carboxylic acids is 1. The third-order valence-corrected chi connectivity index (χ3v) is 3.44. The lowest BCUT2D eigenvalue weighted by Crippen LogP contribution is -2.04. The summed E-state index contributed by atoms with van der Waals surface area (Å²) in [7, 11) is 0. The van der Waals surface area contributed by atoms with Crippen LogP contribution in [0.1, 0.15) is 29.3 Å². The van der Waals surface area contributed by atoms with Crippen LogP contribution in [0.2, 0.25) is 0 Å². The van der Waals surface area contributed by atoms with E-state index in [0.717, 1.165) is 22.9 Å². The second-order valence-electron chi connectivity index (χ2n) is 3.24. The Morgan fingerprint density at radius 2 is 2.20 bits per heavy atom. The zero-order chi connectivity index (χ0) is 11.3. The Morgan fingerprint density at radius 3 is 2.73 bits per heavy atom. The lowest BCUT2D eigenvalue weighted by molar-refractivity contribution is 0.0989. The monoisotopic (exact) mass is 286 g/mol. The fraction of sp³-hybridized carbons (Fsp3) is 0.417. The molecule has 0 heterocycles. The van der Waals surface area contributed by atoms with Gasteiger partial charge in [-0.2, -0.15) is 0 Å². The maximum atomic E-state index is 11.8. The summed E-state index contributed by atoms with van der Waals surface area (Å²) >= 11 is 5.01. The lowest BCUT2D eigenvalue weighted by Gasteiger charge is -2.07. The molecule has 0 aromatic heterocycles. The van der Waals surface area contributed by atoms with Crippen LogP contribution >= 0.6 is 27.7 Å². The molecule has 0 aliphatic heterocycles. The van der Waals surface area contributed by atoms with Gasteiger partial charge in [0.25, 0.3) is 0 Å². The number of halogens is 1. The van der Waals surface area contributed by atoms with E-state index in [0.29, 0.717) is 6.42 Å². The van der Waals surface area contributed by atoms with Crippen molar-refractivity contribution in [2.45, 2.75) is 24.7 Å². The molecule has 0 unspecified atom stereocenters. The van der Waals surface area contributed by atoms with Crippen molar-refractivity contribution in [3.63, 3.8) is 0 Å². The second kappa shape index (κ2) is 6.33. The van der Waals surface area contributed by atoms with Gasteiger partial charge in [-0.15, -0.1) is 11.8 Å². The first-order valence-electron chi connectivity index (χ1n) is 4.99. The summed E-state index contributed by atoms with van der Waals surface area (Å²) in [6, 6.07) is 6.09. The number of hydrogen-bond donors (Lipinski definition) is 0. The van der Waals surface area contributed by atoms with E-state index in [4.69, 9.17) is 0 Å². The summed E-state index contributed by atoms with van der Waals surface area (Å²) in [4.78, 5) is 13.0. The Labute approximate surface area is 104 Å². The van der Waals surface area contributed by atoms with Crippen molar-refractivity contribution in [1.29, 1.82) is 0 Å². The Kier molecular flexibility index (Phi) is 5.40. The second-order valence-corrected chi connectivity index (χ2v) is 4.91. The Morgan fingerprint density at radius 1 is 1.47 bits per heavy atom. The van der Waals surface area contributed by atoms with Gasteiger partial charge in [0.2, 0.25) is 0 Å². The summed E-state index contributed by atoms with van der Waals surface area (Å²) < 4.78 is 0. The number of benzene rings is 1. The molecule has 1 rings (SSSR count). The van der Waals surface area contributed by atoms with Gasteiger partial charge in [0.1, 0.15) is 0 Å². The van der Waals surface area contributed by atoms with Gasteiger partial charge >= 0.3 is 0 Å². The van der Waals surface area contributed by atoms with Crippen LogP contribution in [0.25, 0.3) is 0 Å². The highest BCUT2D eigenvalue weighted by Crippen LogP contribution is 2.21. The van der Waals surface area contributed by atoms with Crippen molar-refractivity contribution in [1.82, 2.24) is 0 Å². The molecule has 15 heavy (non-hydrogen) atoms. The molecule has 0 saturated carbocycles. The van der Waals surface area contributed by atoms with Crippen LogP contribution in [0, 0.1) is 0 Å². The SMILES string of the molecule is CCc1cc(SC)ccc1C(=O)CCBr. The van der Waals surface area contributed by atoms with E-state index >= 15 is 0 Å². The van der Waals surface area contributed by atoms with E-state index in [1.807, 2.05) is 12.1 Å². The minimum Gasteiger partial charge on any atom is -0.294 e. The number of aryl methyl sites for hydroxylation is 1. The lowest BCUT2D eigenvalue weighted by atomic mass is 10.0. The highest BCUT2D eigenvalue weighted by molar-refractivity contribution is 9.09. The van der Waals surface area contributed by atoms with Crippen molar-refractivity contribution in [3.8, 4) is 0 Å². The predicted octanol–water partition coefficient (Wildman–Crippen LogP) is 3.94. The van der Waals surface area contributed by atoms with E-state index in [-0.39, 0.29) is 5.78 Å². The summed E-state index contributed by atoms with van der Waals surface area (Å²) in [6.07, 6.45) is 3.54. The van der Waals surface area contributed by atoms with Gasteiger partial charge in [0, 0.05) is 22.2 Å². The first kappa shape index (κ1) is 12.8. The molecular formula is C12H15BrOS. The average molecular weight is 287 g/mol. The Balaban J connectivity index is 3.02. The van der Waals surface area contributed by atoms with Crippen molar-refractivity contribution < 1.29 is 4.79 Å². The standard InChI is InChI=1S/C12H15BrOS/c1-3-9-8-10(15-2)4-5-11(9)12(14)6-7-13/h4-5,8H,3,6-7H2,1-2H3. The smallest absolute Gasteiger partial charge is 0.163 e. The van der Waals surface area contributed by atoms with Gasteiger partial charge < -0.3 is 0 Å². The minimum absolute atomic E-state index is 0.233. The molecule has 0 fully saturated rings. The van der Waals surface area contributed by atoms with E-state index in [1.54, 1.807) is 11.8 Å². The molecule has 3 heteroatoms. The summed E-state index contributed by atoms with van der Waals surface area (Å²) in [5.41, 5.74) is 2.04. The molecule has 0 bridgehead atoms. The van der Waals surface area contributed by atoms with Gasteiger partial charge in [0.05, 0.1) is 0 Å². The van der Waals surface area contributed by atoms with Crippen LogP contribution in [-0.2, 0) is 6.42 Å². The van der Waals surface area contributed by atoms with Crippen LogP contribution in [0.3, 0.4) is 0 Å². The van der Waals surface area contributed by atoms with Crippen molar-refractivity contribution >= 4 is 33.5 Å². The van der Waals surface area contributed by atoms with Gasteiger partial charge in [-0.1, -0.05) is 28.9 Å². The van der Waals surface area contributed by atoms with E-state index in [2.05, 4.69) is 35.2 Å². The van der Waals surface area contributed by atoms with Crippen molar-refractivity contribution in [2.75, 3.05) is 11.6 Å². The van der Waals surface area contributed by atoms with Gasteiger partial charge in [-0.3, -0.25) is 4.79 Å². The molecule has 0 N–H and O–H groups in total.